The SMILES string of the molecule is COC(=O)C1(N(C(=O)C(F)(F)F)c2cccc(Cl)c2)CCC2(CC1)c1cc(OCCNS(C)(=O)=O)ccc1C[C@@H]2C[C@@H](C)COc1ccnc2c1[C@H](C)CCC2. The molecule has 0 radical (unpaired) electrons. The fourth-order valence-corrected chi connectivity index (χ4v) is 9.96. The molecule has 1 aromatic heterocycles. The van der Waals surface area contributed by atoms with Crippen molar-refractivity contribution in [2.24, 2.45) is 11.8 Å². The lowest BCUT2D eigenvalue weighted by atomic mass is 9.59. The van der Waals surface area contributed by atoms with E-state index in [2.05, 4.69) is 23.6 Å². The molecular weight excluding hydrogens is 771 g/mol. The van der Waals surface area contributed by atoms with Crippen LogP contribution in [0.15, 0.2) is 54.7 Å². The van der Waals surface area contributed by atoms with E-state index in [1.165, 1.54) is 29.8 Å². The van der Waals surface area contributed by atoms with Gasteiger partial charge < -0.3 is 14.2 Å². The van der Waals surface area contributed by atoms with Crippen molar-refractivity contribution >= 4 is 39.2 Å². The Morgan fingerprint density at radius 1 is 1.09 bits per heavy atom. The number of pyridine rings is 1. The van der Waals surface area contributed by atoms with Gasteiger partial charge in [0.25, 0.3) is 0 Å². The zero-order chi connectivity index (χ0) is 40.5. The Labute approximate surface area is 331 Å². The monoisotopic (exact) mass is 819 g/mol. The van der Waals surface area contributed by atoms with Crippen LogP contribution in [0.2, 0.25) is 5.02 Å². The van der Waals surface area contributed by atoms with E-state index in [9.17, 15) is 31.2 Å². The summed E-state index contributed by atoms with van der Waals surface area (Å²) in [7, 11) is -2.30. The van der Waals surface area contributed by atoms with E-state index in [0.717, 1.165) is 61.6 Å². The molecule has 304 valence electrons. The summed E-state index contributed by atoms with van der Waals surface area (Å²) in [6.45, 7) is 4.91. The van der Waals surface area contributed by atoms with Gasteiger partial charge in [-0.2, -0.15) is 13.2 Å². The summed E-state index contributed by atoms with van der Waals surface area (Å²) >= 11 is 6.22. The van der Waals surface area contributed by atoms with Crippen LogP contribution >= 0.6 is 11.6 Å². The second-order valence-electron chi connectivity index (χ2n) is 15.6. The highest BCUT2D eigenvalue weighted by molar-refractivity contribution is 7.88. The first-order valence-electron chi connectivity index (χ1n) is 19.0. The Balaban J connectivity index is 1.32. The number of carbonyl (C=O) groups is 2. The third-order valence-electron chi connectivity index (χ3n) is 11.9. The topological polar surface area (TPSA) is 124 Å². The van der Waals surface area contributed by atoms with Gasteiger partial charge in [0.1, 0.15) is 23.6 Å². The zero-order valence-corrected chi connectivity index (χ0v) is 33.7. The van der Waals surface area contributed by atoms with E-state index < -0.39 is 39.0 Å². The number of ether oxygens (including phenoxy) is 3. The van der Waals surface area contributed by atoms with E-state index in [0.29, 0.717) is 29.6 Å². The van der Waals surface area contributed by atoms with E-state index in [1.54, 1.807) is 6.20 Å². The number of aromatic nitrogens is 1. The second-order valence-corrected chi connectivity index (χ2v) is 17.9. The number of hydrogen-bond acceptors (Lipinski definition) is 8. The van der Waals surface area contributed by atoms with Crippen LogP contribution < -0.4 is 19.1 Å². The summed E-state index contributed by atoms with van der Waals surface area (Å²) in [6, 6.07) is 13.2. The first-order chi connectivity index (χ1) is 26.5. The average molecular weight is 820 g/mol. The van der Waals surface area contributed by atoms with E-state index in [4.69, 9.17) is 25.8 Å². The molecule has 3 aliphatic rings. The average Bonchev–Trinajstić information content (AvgIpc) is 3.43. The first kappa shape index (κ1) is 41.7. The van der Waals surface area contributed by atoms with Crippen molar-refractivity contribution in [3.05, 3.63) is 82.1 Å². The maximum atomic E-state index is 14.4. The summed E-state index contributed by atoms with van der Waals surface area (Å²) in [5.74, 6) is -1.32. The molecule has 0 bridgehead atoms. The Hall–Kier alpha value is -3.88. The summed E-state index contributed by atoms with van der Waals surface area (Å²) in [5, 5.41) is 0.108. The number of hydrogen-bond donors (Lipinski definition) is 1. The molecule has 1 fully saturated rings. The maximum absolute atomic E-state index is 14.4. The summed E-state index contributed by atoms with van der Waals surface area (Å²) in [5.41, 5.74) is 1.55. The van der Waals surface area contributed by atoms with Crippen LogP contribution in [0.1, 0.15) is 87.1 Å². The van der Waals surface area contributed by atoms with Crippen molar-refractivity contribution in [1.82, 2.24) is 9.71 Å². The van der Waals surface area contributed by atoms with Crippen molar-refractivity contribution in [2.45, 2.75) is 94.7 Å². The van der Waals surface area contributed by atoms with Crippen molar-refractivity contribution in [3.63, 3.8) is 0 Å². The number of benzene rings is 2. The highest BCUT2D eigenvalue weighted by Crippen LogP contribution is 2.58. The number of aryl methyl sites for hydroxylation is 1. The molecule has 0 unspecified atom stereocenters. The number of nitrogens with one attached hydrogen (secondary N) is 1. The van der Waals surface area contributed by atoms with E-state index >= 15 is 0 Å². The molecule has 56 heavy (non-hydrogen) atoms. The molecular formula is C41H49ClF3N3O7S. The number of nitrogens with zero attached hydrogens (tertiary/aromatic N) is 2. The molecule has 1 spiro atoms. The van der Waals surface area contributed by atoms with Crippen LogP contribution in [-0.2, 0) is 42.6 Å². The molecule has 1 heterocycles. The second kappa shape index (κ2) is 16.5. The lowest BCUT2D eigenvalue weighted by Crippen LogP contribution is -2.63. The van der Waals surface area contributed by atoms with Crippen molar-refractivity contribution in [2.75, 3.05) is 38.0 Å². The van der Waals surface area contributed by atoms with Crippen LogP contribution in [0.4, 0.5) is 18.9 Å². The first-order valence-corrected chi connectivity index (χ1v) is 21.3. The van der Waals surface area contributed by atoms with Crippen molar-refractivity contribution in [3.8, 4) is 11.5 Å². The lowest BCUT2D eigenvalue weighted by Gasteiger charge is -2.51. The van der Waals surface area contributed by atoms with Gasteiger partial charge in [0.15, 0.2) is 0 Å². The Kier molecular flexibility index (Phi) is 12.3. The Morgan fingerprint density at radius 2 is 1.84 bits per heavy atom. The molecule has 3 aliphatic carbocycles. The largest absolute Gasteiger partial charge is 0.493 e. The number of sulfonamides is 1. The molecule has 2 aromatic carbocycles. The maximum Gasteiger partial charge on any atom is 0.471 e. The van der Waals surface area contributed by atoms with Gasteiger partial charge in [-0.3, -0.25) is 14.7 Å². The van der Waals surface area contributed by atoms with Gasteiger partial charge in [-0.05, 0) is 128 Å². The number of anilines is 1. The van der Waals surface area contributed by atoms with Crippen molar-refractivity contribution < 1.29 is 45.4 Å². The molecule has 6 rings (SSSR count). The van der Waals surface area contributed by atoms with Gasteiger partial charge in [0.2, 0.25) is 10.0 Å². The van der Waals surface area contributed by atoms with Gasteiger partial charge in [-0.1, -0.05) is 37.6 Å². The predicted molar refractivity (Wildman–Crippen MR) is 207 cm³/mol. The van der Waals surface area contributed by atoms with Gasteiger partial charge in [-0.15, -0.1) is 0 Å². The highest BCUT2D eigenvalue weighted by Gasteiger charge is 2.60. The summed E-state index contributed by atoms with van der Waals surface area (Å²) in [4.78, 5) is 32.3. The summed E-state index contributed by atoms with van der Waals surface area (Å²) in [6.07, 6.45) is 2.37. The molecule has 15 heteroatoms. The minimum atomic E-state index is -5.29. The zero-order valence-electron chi connectivity index (χ0n) is 32.1. The number of esters is 1. The van der Waals surface area contributed by atoms with Crippen LogP contribution in [0, 0.1) is 11.8 Å². The van der Waals surface area contributed by atoms with Crippen LogP contribution in [0.5, 0.6) is 11.5 Å². The highest BCUT2D eigenvalue weighted by atomic mass is 35.5. The fraction of sp³-hybridized carbons (Fsp3) is 0.537. The quantitative estimate of drug-likeness (QED) is 0.138. The number of carbonyl (C=O) groups excluding carboxylic acids is 2. The predicted octanol–water partition coefficient (Wildman–Crippen LogP) is 7.70. The number of amides is 1. The van der Waals surface area contributed by atoms with Crippen LogP contribution in [-0.4, -0.2) is 70.1 Å². The van der Waals surface area contributed by atoms with Gasteiger partial charge in [-0.25, -0.2) is 17.9 Å². The number of fused-ring (bicyclic) bond motifs is 3. The fourth-order valence-electron chi connectivity index (χ4n) is 9.32. The number of rotatable bonds is 13. The molecule has 10 nitrogen and oxygen atoms in total. The Morgan fingerprint density at radius 3 is 2.52 bits per heavy atom. The molecule has 0 aliphatic heterocycles. The minimum absolute atomic E-state index is 0.0112. The number of methoxy groups -OCH3 is 1. The standard InChI is InChI=1S/C41H49ClF3N3O7S/c1-26(25-55-35-13-18-46-34-10-5-7-27(2)36(34)35)21-29-22-28-11-12-32(54-20-19-47-56(4,51)52)24-33(28)39(29)14-16-40(17-15-39,38(50)53-3)48(37(49)41(43,44)45)31-9-6-8-30(42)23-31/h6,8-9,11-13,18,23-24,26-27,29,47H,5,7,10,14-17,19-22,25H2,1-4H3/t26-,27-,29+,39?,40?/m1/s1. The molecule has 1 amide bonds. The van der Waals surface area contributed by atoms with Crippen molar-refractivity contribution in [1.29, 1.82) is 0 Å². The smallest absolute Gasteiger partial charge is 0.471 e. The van der Waals surface area contributed by atoms with E-state index in [-0.39, 0.29) is 61.4 Å². The van der Waals surface area contributed by atoms with Gasteiger partial charge in [0.05, 0.1) is 20.0 Å². The van der Waals surface area contributed by atoms with Gasteiger partial charge in [0, 0.05) is 34.7 Å². The number of halogens is 4. The summed E-state index contributed by atoms with van der Waals surface area (Å²) < 4.78 is 86.4. The van der Waals surface area contributed by atoms with Gasteiger partial charge >= 0.3 is 18.1 Å². The minimum Gasteiger partial charge on any atom is -0.493 e. The third kappa shape index (κ3) is 8.67. The lowest BCUT2D eigenvalue weighted by molar-refractivity contribution is -0.174. The number of alkyl halides is 3. The molecule has 0 saturated heterocycles. The molecule has 1 saturated carbocycles. The molecule has 3 atom stereocenters. The third-order valence-corrected chi connectivity index (χ3v) is 12.8. The Bertz CT molecular complexity index is 2040. The van der Waals surface area contributed by atoms with Crippen LogP contribution in [0.3, 0.4) is 0 Å². The molecule has 3 aromatic rings. The van der Waals surface area contributed by atoms with E-state index in [1.807, 2.05) is 24.3 Å². The van der Waals surface area contributed by atoms with Crippen LogP contribution in [0.25, 0.3) is 0 Å². The normalized spacial score (nSPS) is 23.9. The molecule has 1 N–H and O–H groups in total.